The molecule has 0 saturated carbocycles. The van der Waals surface area contributed by atoms with Crippen molar-refractivity contribution in [3.05, 3.63) is 65.2 Å². The van der Waals surface area contributed by atoms with E-state index in [9.17, 15) is 22.0 Å². The maximum Gasteiger partial charge on any atom is 0.246 e. The highest BCUT2D eigenvalue weighted by molar-refractivity contribution is 7.89. The molecule has 3 rings (SSSR count). The van der Waals surface area contributed by atoms with Crippen LogP contribution >= 0.6 is 0 Å². The molecule has 1 fully saturated rings. The molecule has 150 valence electrons. The van der Waals surface area contributed by atoms with Gasteiger partial charge in [0.1, 0.15) is 16.5 Å². The summed E-state index contributed by atoms with van der Waals surface area (Å²) >= 11 is 0. The zero-order valence-corrected chi connectivity index (χ0v) is 16.3. The van der Waals surface area contributed by atoms with E-state index in [1.165, 1.54) is 0 Å². The molecule has 0 aromatic heterocycles. The van der Waals surface area contributed by atoms with Crippen molar-refractivity contribution in [1.82, 2.24) is 9.62 Å². The van der Waals surface area contributed by atoms with Gasteiger partial charge in [-0.25, -0.2) is 17.2 Å². The zero-order chi connectivity index (χ0) is 20.3. The first-order valence-corrected chi connectivity index (χ1v) is 10.5. The van der Waals surface area contributed by atoms with E-state index in [2.05, 4.69) is 5.32 Å². The van der Waals surface area contributed by atoms with Gasteiger partial charge in [-0.05, 0) is 43.5 Å². The van der Waals surface area contributed by atoms with E-state index in [-0.39, 0.29) is 24.9 Å². The second-order valence-corrected chi connectivity index (χ2v) is 8.86. The maximum absolute atomic E-state index is 13.9. The van der Waals surface area contributed by atoms with Gasteiger partial charge in [-0.2, -0.15) is 4.31 Å². The number of carbonyl (C=O) groups excluding carboxylic acids is 1. The van der Waals surface area contributed by atoms with Crippen molar-refractivity contribution >= 4 is 15.9 Å². The highest BCUT2D eigenvalue weighted by Crippen LogP contribution is 2.26. The summed E-state index contributed by atoms with van der Waals surface area (Å²) in [5.41, 5.74) is 2.12. The van der Waals surface area contributed by atoms with Gasteiger partial charge in [-0.15, -0.1) is 0 Å². The molecule has 28 heavy (non-hydrogen) atoms. The highest BCUT2D eigenvalue weighted by Gasteiger charge is 2.33. The van der Waals surface area contributed by atoms with Crippen LogP contribution < -0.4 is 5.32 Å². The van der Waals surface area contributed by atoms with Crippen LogP contribution in [-0.4, -0.2) is 31.7 Å². The van der Waals surface area contributed by atoms with Gasteiger partial charge in [0.25, 0.3) is 0 Å². The van der Waals surface area contributed by atoms with Gasteiger partial charge in [0.15, 0.2) is 0 Å². The Labute approximate surface area is 163 Å². The van der Waals surface area contributed by atoms with Gasteiger partial charge in [0, 0.05) is 25.6 Å². The summed E-state index contributed by atoms with van der Waals surface area (Å²) in [5.74, 6) is -2.24. The molecule has 1 amide bonds. The number of amides is 1. The minimum Gasteiger partial charge on any atom is -0.352 e. The fraction of sp³-hybridized carbons (Fsp3) is 0.350. The molecule has 2 aromatic rings. The Bertz CT molecular complexity index is 954. The third-order valence-electron chi connectivity index (χ3n) is 4.92. The molecular formula is C20H22F2N2O3S. The van der Waals surface area contributed by atoms with Gasteiger partial charge in [0.2, 0.25) is 15.9 Å². The van der Waals surface area contributed by atoms with Crippen LogP contribution in [0, 0.1) is 24.5 Å². The Kier molecular flexibility index (Phi) is 6.10. The van der Waals surface area contributed by atoms with Crippen molar-refractivity contribution in [1.29, 1.82) is 0 Å². The third-order valence-corrected chi connectivity index (χ3v) is 6.84. The second-order valence-electron chi connectivity index (χ2n) is 6.96. The number of halogens is 2. The van der Waals surface area contributed by atoms with Crippen LogP contribution in [0.1, 0.15) is 24.0 Å². The predicted octanol–water partition coefficient (Wildman–Crippen LogP) is 2.99. The summed E-state index contributed by atoms with van der Waals surface area (Å²) in [6.45, 7) is 2.56. The molecule has 1 heterocycles. The third kappa shape index (κ3) is 4.56. The second kappa shape index (κ2) is 8.36. The van der Waals surface area contributed by atoms with E-state index in [1.807, 2.05) is 31.2 Å². The number of carbonyl (C=O) groups is 1. The summed E-state index contributed by atoms with van der Waals surface area (Å²) in [6, 6.07) is 10.2. The lowest BCUT2D eigenvalue weighted by molar-refractivity contribution is -0.126. The average molecular weight is 408 g/mol. The summed E-state index contributed by atoms with van der Waals surface area (Å²) in [6.07, 6.45) is 0.659. The number of hydrogen-bond donors (Lipinski definition) is 1. The number of nitrogens with one attached hydrogen (secondary N) is 1. The van der Waals surface area contributed by atoms with Crippen LogP contribution in [0.3, 0.4) is 0 Å². The number of benzene rings is 2. The van der Waals surface area contributed by atoms with Gasteiger partial charge < -0.3 is 5.32 Å². The van der Waals surface area contributed by atoms with Crippen LogP contribution in [-0.2, 0) is 21.4 Å². The smallest absolute Gasteiger partial charge is 0.246 e. The summed E-state index contributed by atoms with van der Waals surface area (Å²) in [4.78, 5) is 11.7. The van der Waals surface area contributed by atoms with Crippen LogP contribution in [0.2, 0.25) is 0 Å². The minimum atomic E-state index is -4.14. The van der Waals surface area contributed by atoms with Crippen molar-refractivity contribution in [2.45, 2.75) is 31.2 Å². The van der Waals surface area contributed by atoms with Crippen molar-refractivity contribution in [2.75, 3.05) is 13.1 Å². The van der Waals surface area contributed by atoms with Gasteiger partial charge >= 0.3 is 0 Å². The lowest BCUT2D eigenvalue weighted by atomic mass is 9.97. The Morgan fingerprint density at radius 1 is 1.11 bits per heavy atom. The summed E-state index contributed by atoms with van der Waals surface area (Å²) in [7, 11) is -4.14. The molecule has 2 aromatic carbocycles. The molecule has 0 atom stereocenters. The quantitative estimate of drug-likeness (QED) is 0.827. The van der Waals surface area contributed by atoms with E-state index >= 15 is 0 Å². The van der Waals surface area contributed by atoms with Crippen LogP contribution in [0.5, 0.6) is 0 Å². The lowest BCUT2D eigenvalue weighted by Gasteiger charge is -2.30. The maximum atomic E-state index is 13.9. The zero-order valence-electron chi connectivity index (χ0n) is 15.5. The summed E-state index contributed by atoms with van der Waals surface area (Å²) < 4.78 is 53.5. The fourth-order valence-electron chi connectivity index (χ4n) is 3.21. The number of piperidine rings is 1. The Morgan fingerprint density at radius 2 is 1.75 bits per heavy atom. The molecule has 0 spiro atoms. The summed E-state index contributed by atoms with van der Waals surface area (Å²) in [5, 5.41) is 2.87. The Morgan fingerprint density at radius 3 is 2.39 bits per heavy atom. The molecule has 1 aliphatic rings. The SMILES string of the molecule is Cc1ccc(CNC(=O)C2CCN(S(=O)(=O)c3cc(F)ccc3F)CC2)cc1. The first-order chi connectivity index (χ1) is 13.3. The van der Waals surface area contributed by atoms with E-state index in [0.29, 0.717) is 25.5 Å². The fourth-order valence-corrected chi connectivity index (χ4v) is 4.76. The minimum absolute atomic E-state index is 0.0842. The largest absolute Gasteiger partial charge is 0.352 e. The average Bonchev–Trinajstić information content (AvgIpc) is 2.69. The molecule has 0 bridgehead atoms. The first-order valence-electron chi connectivity index (χ1n) is 9.06. The van der Waals surface area contributed by atoms with Crippen molar-refractivity contribution in [3.63, 3.8) is 0 Å². The van der Waals surface area contributed by atoms with Crippen LogP contribution in [0.15, 0.2) is 47.4 Å². The van der Waals surface area contributed by atoms with E-state index in [0.717, 1.165) is 27.6 Å². The van der Waals surface area contributed by atoms with E-state index in [1.54, 1.807) is 0 Å². The predicted molar refractivity (Wildman–Crippen MR) is 101 cm³/mol. The number of sulfonamides is 1. The van der Waals surface area contributed by atoms with Gasteiger partial charge in [-0.1, -0.05) is 29.8 Å². The monoisotopic (exact) mass is 408 g/mol. The van der Waals surface area contributed by atoms with Crippen molar-refractivity contribution < 1.29 is 22.0 Å². The topological polar surface area (TPSA) is 66.5 Å². The van der Waals surface area contributed by atoms with Crippen molar-refractivity contribution in [3.8, 4) is 0 Å². The number of rotatable bonds is 5. The van der Waals surface area contributed by atoms with E-state index < -0.39 is 26.6 Å². The highest BCUT2D eigenvalue weighted by atomic mass is 32.2. The normalized spacial score (nSPS) is 16.1. The molecule has 1 saturated heterocycles. The number of nitrogens with zero attached hydrogens (tertiary/aromatic N) is 1. The van der Waals surface area contributed by atoms with Crippen LogP contribution in [0.4, 0.5) is 8.78 Å². The molecule has 8 heteroatoms. The number of hydrogen-bond acceptors (Lipinski definition) is 3. The van der Waals surface area contributed by atoms with E-state index in [4.69, 9.17) is 0 Å². The van der Waals surface area contributed by atoms with Crippen LogP contribution in [0.25, 0.3) is 0 Å². The standard InChI is InChI=1S/C20H22F2N2O3S/c1-14-2-4-15(5-3-14)13-23-20(25)16-8-10-24(11-9-16)28(26,27)19-12-17(21)6-7-18(19)22/h2-7,12,16H,8-11,13H2,1H3,(H,23,25). The molecule has 0 aliphatic carbocycles. The number of aryl methyl sites for hydroxylation is 1. The first kappa shape index (κ1) is 20.4. The van der Waals surface area contributed by atoms with Crippen molar-refractivity contribution in [2.24, 2.45) is 5.92 Å². The molecule has 5 nitrogen and oxygen atoms in total. The van der Waals surface area contributed by atoms with Gasteiger partial charge in [-0.3, -0.25) is 4.79 Å². The Hall–Kier alpha value is -2.32. The molecule has 1 N–H and O–H groups in total. The Balaban J connectivity index is 1.58. The lowest BCUT2D eigenvalue weighted by Crippen LogP contribution is -2.43. The molecule has 0 unspecified atom stereocenters. The molecular weight excluding hydrogens is 386 g/mol. The molecule has 1 aliphatic heterocycles. The molecule has 0 radical (unpaired) electrons. The van der Waals surface area contributed by atoms with Gasteiger partial charge in [0.05, 0.1) is 0 Å².